The number of hydrogen-bond acceptors (Lipinski definition) is 1. The Bertz CT molecular complexity index is 315. The molecule has 1 rings (SSSR count). The van der Waals surface area contributed by atoms with E-state index in [1.807, 2.05) is 0 Å². The maximum absolute atomic E-state index is 13.0. The van der Waals surface area contributed by atoms with Gasteiger partial charge in [-0.05, 0) is 24.6 Å². The fourth-order valence-corrected chi connectivity index (χ4v) is 1.29. The molecule has 0 radical (unpaired) electrons. The zero-order chi connectivity index (χ0) is 9.30. The summed E-state index contributed by atoms with van der Waals surface area (Å²) in [5.41, 5.74) is 5.31. The fourth-order valence-electron chi connectivity index (χ4n) is 0.935. The Morgan fingerprint density at radius 2 is 2.17 bits per heavy atom. The van der Waals surface area contributed by atoms with Gasteiger partial charge in [-0.15, -0.1) is 0 Å². The predicted octanol–water partition coefficient (Wildman–Crippen LogP) is 1.89. The second-order valence-electron chi connectivity index (χ2n) is 2.47. The molecule has 0 fully saturated rings. The van der Waals surface area contributed by atoms with Gasteiger partial charge in [-0.3, -0.25) is 4.79 Å². The van der Waals surface area contributed by atoms with Crippen LogP contribution in [0.3, 0.4) is 0 Å². The highest BCUT2D eigenvalue weighted by atomic mass is 35.5. The molecule has 0 aliphatic heterocycles. The van der Waals surface area contributed by atoms with Crippen molar-refractivity contribution in [2.75, 3.05) is 0 Å². The van der Waals surface area contributed by atoms with E-state index in [1.165, 1.54) is 12.1 Å². The van der Waals surface area contributed by atoms with Crippen molar-refractivity contribution in [3.8, 4) is 0 Å². The Kier molecular flexibility index (Phi) is 2.33. The Hall–Kier alpha value is -1.09. The van der Waals surface area contributed by atoms with E-state index in [2.05, 4.69) is 0 Å². The minimum atomic E-state index is -0.850. The molecule has 2 nitrogen and oxygen atoms in total. The van der Waals surface area contributed by atoms with Crippen LogP contribution in [0, 0.1) is 12.7 Å². The van der Waals surface area contributed by atoms with Crippen LogP contribution in [0.25, 0.3) is 0 Å². The summed E-state index contributed by atoms with van der Waals surface area (Å²) in [5.74, 6) is -1.52. The summed E-state index contributed by atoms with van der Waals surface area (Å²) in [5, 5.41) is 0.0556. The molecule has 0 saturated heterocycles. The highest BCUT2D eigenvalue weighted by Gasteiger charge is 2.12. The molecule has 1 amide bonds. The summed E-state index contributed by atoms with van der Waals surface area (Å²) in [7, 11) is 0. The topological polar surface area (TPSA) is 43.1 Å². The maximum atomic E-state index is 13.0. The number of carbonyl (C=O) groups excluding carboxylic acids is 1. The lowest BCUT2D eigenvalue weighted by Gasteiger charge is -2.02. The van der Waals surface area contributed by atoms with Crippen LogP contribution in [0.1, 0.15) is 15.9 Å². The van der Waals surface area contributed by atoms with E-state index in [0.29, 0.717) is 5.56 Å². The number of halogens is 2. The number of rotatable bonds is 1. The fraction of sp³-hybridized carbons (Fsp3) is 0.125. The zero-order valence-electron chi connectivity index (χ0n) is 6.40. The lowest BCUT2D eigenvalue weighted by molar-refractivity contribution is 0.0996. The van der Waals surface area contributed by atoms with Crippen LogP contribution < -0.4 is 5.73 Å². The first-order valence-corrected chi connectivity index (χ1v) is 3.65. The number of carbonyl (C=O) groups is 1. The van der Waals surface area contributed by atoms with Crippen LogP contribution in [-0.4, -0.2) is 5.91 Å². The number of benzene rings is 1. The van der Waals surface area contributed by atoms with E-state index in [-0.39, 0.29) is 10.6 Å². The molecule has 0 spiro atoms. The van der Waals surface area contributed by atoms with Crippen molar-refractivity contribution in [3.05, 3.63) is 34.1 Å². The lowest BCUT2D eigenvalue weighted by Crippen LogP contribution is -2.13. The third kappa shape index (κ3) is 1.56. The van der Waals surface area contributed by atoms with E-state index in [4.69, 9.17) is 17.3 Å². The minimum absolute atomic E-state index is 0.0556. The number of amides is 1. The molecule has 0 atom stereocenters. The quantitative estimate of drug-likeness (QED) is 0.717. The van der Waals surface area contributed by atoms with Gasteiger partial charge >= 0.3 is 0 Å². The molecule has 12 heavy (non-hydrogen) atoms. The van der Waals surface area contributed by atoms with E-state index >= 15 is 0 Å². The first-order chi connectivity index (χ1) is 5.52. The van der Waals surface area contributed by atoms with Gasteiger partial charge in [-0.1, -0.05) is 11.6 Å². The zero-order valence-corrected chi connectivity index (χ0v) is 7.15. The lowest BCUT2D eigenvalue weighted by atomic mass is 10.1. The summed E-state index contributed by atoms with van der Waals surface area (Å²) in [4.78, 5) is 10.7. The molecule has 0 aliphatic rings. The minimum Gasteiger partial charge on any atom is -0.365 e. The highest BCUT2D eigenvalue weighted by molar-refractivity contribution is 6.33. The third-order valence-electron chi connectivity index (χ3n) is 1.43. The molecule has 0 unspecified atom stereocenters. The molecule has 0 aliphatic carbocycles. The van der Waals surface area contributed by atoms with Gasteiger partial charge in [0, 0.05) is 0 Å². The Morgan fingerprint density at radius 1 is 1.58 bits per heavy atom. The van der Waals surface area contributed by atoms with Crippen LogP contribution in [0.5, 0.6) is 0 Å². The van der Waals surface area contributed by atoms with Crippen molar-refractivity contribution < 1.29 is 9.18 Å². The second kappa shape index (κ2) is 3.11. The van der Waals surface area contributed by atoms with Crippen LogP contribution in [0.4, 0.5) is 4.39 Å². The van der Waals surface area contributed by atoms with Gasteiger partial charge in [0.1, 0.15) is 5.82 Å². The van der Waals surface area contributed by atoms with Crippen LogP contribution in [0.2, 0.25) is 5.02 Å². The average Bonchev–Trinajstić information content (AvgIpc) is 1.82. The monoisotopic (exact) mass is 187 g/mol. The summed E-state index contributed by atoms with van der Waals surface area (Å²) >= 11 is 5.59. The highest BCUT2D eigenvalue weighted by Crippen LogP contribution is 2.20. The second-order valence-corrected chi connectivity index (χ2v) is 2.88. The smallest absolute Gasteiger partial charge is 0.253 e. The van der Waals surface area contributed by atoms with Crippen LogP contribution in [0.15, 0.2) is 12.1 Å². The number of primary amides is 1. The summed E-state index contributed by atoms with van der Waals surface area (Å²) in [6.45, 7) is 1.68. The van der Waals surface area contributed by atoms with Gasteiger partial charge in [-0.2, -0.15) is 0 Å². The molecule has 0 heterocycles. The SMILES string of the molecule is Cc1cc(F)c(C(N)=O)c(Cl)c1. The largest absolute Gasteiger partial charge is 0.365 e. The van der Waals surface area contributed by atoms with Crippen molar-refractivity contribution in [1.29, 1.82) is 0 Å². The Balaban J connectivity index is 3.38. The van der Waals surface area contributed by atoms with E-state index in [1.54, 1.807) is 6.92 Å². The molecule has 0 saturated carbocycles. The van der Waals surface area contributed by atoms with Crippen molar-refractivity contribution in [2.45, 2.75) is 6.92 Å². The molecule has 0 aromatic heterocycles. The van der Waals surface area contributed by atoms with Crippen molar-refractivity contribution in [2.24, 2.45) is 5.73 Å². The van der Waals surface area contributed by atoms with E-state index < -0.39 is 11.7 Å². The van der Waals surface area contributed by atoms with E-state index in [9.17, 15) is 9.18 Å². The van der Waals surface area contributed by atoms with Gasteiger partial charge in [0.15, 0.2) is 0 Å². The van der Waals surface area contributed by atoms with Gasteiger partial charge in [-0.25, -0.2) is 4.39 Å². The first-order valence-electron chi connectivity index (χ1n) is 3.28. The molecule has 2 N–H and O–H groups in total. The number of nitrogens with two attached hydrogens (primary N) is 1. The van der Waals surface area contributed by atoms with Crippen molar-refractivity contribution >= 4 is 17.5 Å². The summed E-state index contributed by atoms with van der Waals surface area (Å²) in [6, 6.07) is 2.71. The van der Waals surface area contributed by atoms with Gasteiger partial charge < -0.3 is 5.73 Å². The molecule has 64 valence electrons. The van der Waals surface area contributed by atoms with Crippen molar-refractivity contribution in [1.82, 2.24) is 0 Å². The molecule has 0 bridgehead atoms. The van der Waals surface area contributed by atoms with Gasteiger partial charge in [0.25, 0.3) is 5.91 Å². The van der Waals surface area contributed by atoms with Crippen molar-refractivity contribution in [3.63, 3.8) is 0 Å². The Labute approximate surface area is 74.1 Å². The first kappa shape index (κ1) is 9.00. The van der Waals surface area contributed by atoms with Crippen LogP contribution in [-0.2, 0) is 0 Å². The molecular weight excluding hydrogens is 181 g/mol. The molecule has 1 aromatic rings. The summed E-state index contributed by atoms with van der Waals surface area (Å²) in [6.07, 6.45) is 0. The summed E-state index contributed by atoms with van der Waals surface area (Å²) < 4.78 is 13.0. The molecular formula is C8H7ClFNO. The van der Waals surface area contributed by atoms with E-state index in [0.717, 1.165) is 0 Å². The number of hydrogen-bond donors (Lipinski definition) is 1. The number of aryl methyl sites for hydroxylation is 1. The average molecular weight is 188 g/mol. The Morgan fingerprint density at radius 3 is 2.58 bits per heavy atom. The normalized spacial score (nSPS) is 9.92. The predicted molar refractivity (Wildman–Crippen MR) is 44.7 cm³/mol. The van der Waals surface area contributed by atoms with Gasteiger partial charge in [0.2, 0.25) is 0 Å². The molecule has 4 heteroatoms. The van der Waals surface area contributed by atoms with Gasteiger partial charge in [0.05, 0.1) is 10.6 Å². The molecule has 1 aromatic carbocycles. The standard InChI is InChI=1S/C8H7ClFNO/c1-4-2-5(9)7(8(11)12)6(10)3-4/h2-3H,1H3,(H2,11,12). The third-order valence-corrected chi connectivity index (χ3v) is 1.73. The van der Waals surface area contributed by atoms with Crippen LogP contribution >= 0.6 is 11.6 Å². The maximum Gasteiger partial charge on any atom is 0.253 e.